The Bertz CT molecular complexity index is 386. The molecule has 1 unspecified atom stereocenters. The van der Waals surface area contributed by atoms with E-state index in [9.17, 15) is 0 Å². The van der Waals surface area contributed by atoms with Crippen LogP contribution in [0.25, 0.3) is 0 Å². The highest BCUT2D eigenvalue weighted by Gasteiger charge is 2.24. The largest absolute Gasteiger partial charge is 0.490 e. The van der Waals surface area contributed by atoms with E-state index in [0.29, 0.717) is 24.8 Å². The van der Waals surface area contributed by atoms with Crippen LogP contribution in [0.5, 0.6) is 5.75 Å². The average molecular weight is 238 g/mol. The fourth-order valence-electron chi connectivity index (χ4n) is 1.98. The maximum atomic E-state index is 5.42. The summed E-state index contributed by atoms with van der Waals surface area (Å²) in [7, 11) is 3.45. The van der Waals surface area contributed by atoms with Crippen molar-refractivity contribution in [2.45, 2.75) is 13.0 Å². The zero-order valence-corrected chi connectivity index (χ0v) is 10.4. The predicted octanol–water partition coefficient (Wildman–Crippen LogP) is 0.752. The van der Waals surface area contributed by atoms with Crippen LogP contribution in [0.15, 0.2) is 6.33 Å². The summed E-state index contributed by atoms with van der Waals surface area (Å²) in [5.41, 5.74) is 0. The van der Waals surface area contributed by atoms with E-state index in [1.54, 1.807) is 13.4 Å². The molecule has 0 saturated carbocycles. The second kappa shape index (κ2) is 5.18. The van der Waals surface area contributed by atoms with Gasteiger partial charge >= 0.3 is 0 Å². The molecule has 1 saturated heterocycles. The monoisotopic (exact) mass is 238 g/mol. The van der Waals surface area contributed by atoms with Gasteiger partial charge in [0, 0.05) is 13.6 Å². The van der Waals surface area contributed by atoms with Gasteiger partial charge in [0.2, 0.25) is 5.75 Å². The molecule has 6 nitrogen and oxygen atoms in total. The summed E-state index contributed by atoms with van der Waals surface area (Å²) in [5, 5.41) is 3.01. The van der Waals surface area contributed by atoms with Crippen molar-refractivity contribution in [3.05, 3.63) is 6.33 Å². The van der Waals surface area contributed by atoms with Gasteiger partial charge in [-0.15, -0.1) is 0 Å². The smallest absolute Gasteiger partial charge is 0.204 e. The number of nitrogens with one attached hydrogen (secondary N) is 1. The van der Waals surface area contributed by atoms with Crippen molar-refractivity contribution < 1.29 is 9.47 Å². The van der Waals surface area contributed by atoms with E-state index in [1.165, 1.54) is 0 Å². The van der Waals surface area contributed by atoms with Gasteiger partial charge in [-0.3, -0.25) is 0 Å². The molecule has 0 amide bonds. The fourth-order valence-corrected chi connectivity index (χ4v) is 1.98. The molecular formula is C11H18N4O2. The van der Waals surface area contributed by atoms with Crippen molar-refractivity contribution in [1.82, 2.24) is 9.97 Å². The van der Waals surface area contributed by atoms with Crippen molar-refractivity contribution >= 4 is 11.6 Å². The lowest BCUT2D eigenvalue weighted by molar-refractivity contribution is 0.0982. The van der Waals surface area contributed by atoms with Crippen molar-refractivity contribution in [2.75, 3.05) is 44.1 Å². The predicted molar refractivity (Wildman–Crippen MR) is 65.8 cm³/mol. The normalized spacial score (nSPS) is 20.2. The molecule has 0 radical (unpaired) electrons. The van der Waals surface area contributed by atoms with Gasteiger partial charge in [0.25, 0.3) is 0 Å². The number of morpholine rings is 1. The molecule has 94 valence electrons. The number of rotatable bonds is 3. The van der Waals surface area contributed by atoms with Crippen LogP contribution in [0.1, 0.15) is 6.92 Å². The number of ether oxygens (including phenoxy) is 2. The molecule has 1 atom stereocenters. The first-order valence-corrected chi connectivity index (χ1v) is 5.69. The summed E-state index contributed by atoms with van der Waals surface area (Å²) in [4.78, 5) is 10.7. The first kappa shape index (κ1) is 11.9. The Kier molecular flexibility index (Phi) is 3.63. The van der Waals surface area contributed by atoms with Gasteiger partial charge in [-0.05, 0) is 6.92 Å². The number of anilines is 2. The van der Waals surface area contributed by atoms with Crippen LogP contribution < -0.4 is 15.0 Å². The van der Waals surface area contributed by atoms with Crippen LogP contribution in [0.4, 0.5) is 11.6 Å². The molecule has 1 aliphatic heterocycles. The molecule has 1 aliphatic rings. The molecule has 1 N–H and O–H groups in total. The van der Waals surface area contributed by atoms with Crippen LogP contribution in [0.3, 0.4) is 0 Å². The second-order valence-electron chi connectivity index (χ2n) is 3.95. The van der Waals surface area contributed by atoms with E-state index < -0.39 is 0 Å². The van der Waals surface area contributed by atoms with Gasteiger partial charge in [0.1, 0.15) is 6.33 Å². The van der Waals surface area contributed by atoms with E-state index in [2.05, 4.69) is 27.1 Å². The third-order valence-electron chi connectivity index (χ3n) is 2.87. The molecular weight excluding hydrogens is 220 g/mol. The Hall–Kier alpha value is -1.56. The minimum absolute atomic E-state index is 0.289. The van der Waals surface area contributed by atoms with Crippen molar-refractivity contribution in [2.24, 2.45) is 0 Å². The lowest BCUT2D eigenvalue weighted by Crippen LogP contribution is -2.44. The minimum Gasteiger partial charge on any atom is -0.490 e. The number of hydrogen-bond acceptors (Lipinski definition) is 6. The topological polar surface area (TPSA) is 59.5 Å². The van der Waals surface area contributed by atoms with Crippen molar-refractivity contribution in [3.63, 3.8) is 0 Å². The maximum absolute atomic E-state index is 5.42. The molecule has 0 spiro atoms. The van der Waals surface area contributed by atoms with Crippen LogP contribution in [0.2, 0.25) is 0 Å². The number of hydrogen-bond donors (Lipinski definition) is 1. The van der Waals surface area contributed by atoms with Crippen LogP contribution in [0, 0.1) is 0 Å². The molecule has 2 rings (SSSR count). The number of aromatic nitrogens is 2. The summed E-state index contributed by atoms with van der Waals surface area (Å²) in [6.07, 6.45) is 1.55. The third-order valence-corrected chi connectivity index (χ3v) is 2.87. The van der Waals surface area contributed by atoms with Crippen molar-refractivity contribution in [3.8, 4) is 5.75 Å². The Balaban J connectivity index is 2.36. The zero-order valence-electron chi connectivity index (χ0n) is 10.4. The average Bonchev–Trinajstić information content (AvgIpc) is 2.38. The Morgan fingerprint density at radius 1 is 1.53 bits per heavy atom. The molecule has 0 bridgehead atoms. The van der Waals surface area contributed by atoms with Crippen LogP contribution in [-0.2, 0) is 4.74 Å². The highest BCUT2D eigenvalue weighted by molar-refractivity contribution is 5.65. The summed E-state index contributed by atoms with van der Waals surface area (Å²) in [6, 6.07) is 0.289. The first-order valence-electron chi connectivity index (χ1n) is 5.69. The summed E-state index contributed by atoms with van der Waals surface area (Å²) < 4.78 is 10.8. The molecule has 1 aromatic heterocycles. The van der Waals surface area contributed by atoms with E-state index in [0.717, 1.165) is 12.4 Å². The maximum Gasteiger partial charge on any atom is 0.204 e. The lowest BCUT2D eigenvalue weighted by Gasteiger charge is -2.34. The molecule has 0 aromatic carbocycles. The molecule has 17 heavy (non-hydrogen) atoms. The standard InChI is InChI=1S/C11H18N4O2/c1-8-6-17-5-4-15(8)11-9(16-3)10(12-2)13-7-14-11/h7-8H,4-6H2,1-3H3,(H,12,13,14). The number of nitrogens with zero attached hydrogens (tertiary/aromatic N) is 3. The number of methoxy groups -OCH3 is 1. The summed E-state index contributed by atoms with van der Waals surface area (Å²) >= 11 is 0. The first-order chi connectivity index (χ1) is 8.27. The highest BCUT2D eigenvalue weighted by Crippen LogP contribution is 2.33. The van der Waals surface area contributed by atoms with E-state index in [-0.39, 0.29) is 6.04 Å². The van der Waals surface area contributed by atoms with Gasteiger partial charge in [-0.1, -0.05) is 0 Å². The highest BCUT2D eigenvalue weighted by atomic mass is 16.5. The minimum atomic E-state index is 0.289. The summed E-state index contributed by atoms with van der Waals surface area (Å²) in [6.45, 7) is 4.35. The van der Waals surface area contributed by atoms with Crippen molar-refractivity contribution in [1.29, 1.82) is 0 Å². The van der Waals surface area contributed by atoms with E-state index >= 15 is 0 Å². The Morgan fingerprint density at radius 3 is 3.00 bits per heavy atom. The third kappa shape index (κ3) is 2.26. The Morgan fingerprint density at radius 2 is 2.35 bits per heavy atom. The molecule has 6 heteroatoms. The van der Waals surface area contributed by atoms with Crippen LogP contribution in [-0.4, -0.2) is 49.9 Å². The van der Waals surface area contributed by atoms with Gasteiger partial charge in [-0.2, -0.15) is 0 Å². The summed E-state index contributed by atoms with van der Waals surface area (Å²) in [5.74, 6) is 2.21. The van der Waals surface area contributed by atoms with Crippen LogP contribution >= 0.6 is 0 Å². The van der Waals surface area contributed by atoms with Gasteiger partial charge in [0.15, 0.2) is 11.6 Å². The molecule has 1 aromatic rings. The molecule has 2 heterocycles. The van der Waals surface area contributed by atoms with E-state index in [4.69, 9.17) is 9.47 Å². The lowest BCUT2D eigenvalue weighted by atomic mass is 10.2. The quantitative estimate of drug-likeness (QED) is 0.838. The molecule has 0 aliphatic carbocycles. The Labute approximate surface area is 101 Å². The van der Waals surface area contributed by atoms with E-state index in [1.807, 2.05) is 7.05 Å². The van der Waals surface area contributed by atoms with Gasteiger partial charge in [0.05, 0.1) is 26.4 Å². The molecule has 1 fully saturated rings. The fraction of sp³-hybridized carbons (Fsp3) is 0.636. The SMILES string of the molecule is CNc1ncnc(N2CCOCC2C)c1OC. The zero-order chi connectivity index (χ0) is 12.3. The van der Waals surface area contributed by atoms with Gasteiger partial charge in [-0.25, -0.2) is 9.97 Å². The van der Waals surface area contributed by atoms with Gasteiger partial charge < -0.3 is 19.7 Å². The second-order valence-corrected chi connectivity index (χ2v) is 3.95.